The normalized spacial score (nSPS) is 24.7. The van der Waals surface area contributed by atoms with Gasteiger partial charge in [0.15, 0.2) is 0 Å². The molecule has 1 unspecified atom stereocenters. The van der Waals surface area contributed by atoms with E-state index in [0.29, 0.717) is 60.1 Å². The number of hydrogen-bond acceptors (Lipinski definition) is 6. The molecule has 224 valence electrons. The van der Waals surface area contributed by atoms with E-state index in [0.717, 1.165) is 37.0 Å². The minimum atomic E-state index is -4.43. The Hall–Kier alpha value is -3.81. The summed E-state index contributed by atoms with van der Waals surface area (Å²) >= 11 is 0. The number of hydrogen-bond donors (Lipinski definition) is 1. The van der Waals surface area contributed by atoms with Gasteiger partial charge in [0.25, 0.3) is 0 Å². The first-order chi connectivity index (χ1) is 19.7. The predicted molar refractivity (Wildman–Crippen MR) is 151 cm³/mol. The highest BCUT2D eigenvalue weighted by atomic mass is 19.4. The lowest BCUT2D eigenvalue weighted by Crippen LogP contribution is -2.45. The summed E-state index contributed by atoms with van der Waals surface area (Å²) in [5.41, 5.74) is 8.66. The number of carbonyl (C=O) groups excluding carboxylic acids is 1. The molecule has 1 amide bonds. The molecule has 2 fully saturated rings. The Labute approximate surface area is 244 Å². The second-order valence-corrected chi connectivity index (χ2v) is 13.0. The predicted octanol–water partition coefficient (Wildman–Crippen LogP) is 5.84. The third-order valence-electron chi connectivity index (χ3n) is 8.71. The van der Waals surface area contributed by atoms with E-state index in [1.54, 1.807) is 28.9 Å². The average molecular weight is 583 g/mol. The molecule has 1 aromatic heterocycles. The molecule has 1 saturated carbocycles. The fraction of sp³-hybridized carbons (Fsp3) is 0.548. The number of ether oxygens (including phenoxy) is 1. The van der Waals surface area contributed by atoms with Crippen LogP contribution in [0.5, 0.6) is 0 Å². The van der Waals surface area contributed by atoms with Crippen molar-refractivity contribution in [1.82, 2.24) is 14.7 Å². The van der Waals surface area contributed by atoms with Crippen LogP contribution in [0.3, 0.4) is 0 Å². The number of nitrogens with zero attached hydrogens (tertiary/aromatic N) is 5. The Morgan fingerprint density at radius 3 is 2.67 bits per heavy atom. The minimum Gasteiger partial charge on any atom is -0.444 e. The van der Waals surface area contributed by atoms with Crippen LogP contribution in [0, 0.1) is 35.5 Å². The third-order valence-corrected chi connectivity index (χ3v) is 8.71. The summed E-state index contributed by atoms with van der Waals surface area (Å²) in [7, 11) is 0. The van der Waals surface area contributed by atoms with E-state index < -0.39 is 17.3 Å². The number of halogens is 3. The van der Waals surface area contributed by atoms with Gasteiger partial charge in [0.2, 0.25) is 0 Å². The summed E-state index contributed by atoms with van der Waals surface area (Å²) in [5.74, 6) is 0.304. The van der Waals surface area contributed by atoms with Crippen LogP contribution in [0.2, 0.25) is 0 Å². The monoisotopic (exact) mass is 582 g/mol. The summed E-state index contributed by atoms with van der Waals surface area (Å²) < 4.78 is 46.8. The molecule has 2 N–H and O–H groups in total. The SMILES string of the molecule is Cc1ccc(C(F)(F)F)cc1Cn1cc(C2=NCCC(C3CC4(CCN(C(=O)OC(C)(C)C)C4)C3)C(N)=C2C#N)cn1. The van der Waals surface area contributed by atoms with Crippen molar-refractivity contribution in [1.29, 1.82) is 5.26 Å². The van der Waals surface area contributed by atoms with Crippen molar-refractivity contribution >= 4 is 11.8 Å². The number of aromatic nitrogens is 2. The van der Waals surface area contributed by atoms with Gasteiger partial charge in [-0.1, -0.05) is 6.07 Å². The smallest absolute Gasteiger partial charge is 0.416 e. The van der Waals surface area contributed by atoms with Crippen LogP contribution in [0.1, 0.15) is 68.7 Å². The van der Waals surface area contributed by atoms with E-state index in [1.807, 2.05) is 20.8 Å². The summed E-state index contributed by atoms with van der Waals surface area (Å²) in [5, 5.41) is 14.5. The van der Waals surface area contributed by atoms with Gasteiger partial charge in [-0.3, -0.25) is 9.67 Å². The van der Waals surface area contributed by atoms with E-state index in [2.05, 4.69) is 11.2 Å². The number of nitrogens with two attached hydrogens (primary N) is 1. The van der Waals surface area contributed by atoms with Gasteiger partial charge in [-0.2, -0.15) is 23.5 Å². The van der Waals surface area contributed by atoms with Crippen LogP contribution >= 0.6 is 0 Å². The fourth-order valence-corrected chi connectivity index (χ4v) is 6.57. The van der Waals surface area contributed by atoms with Crippen LogP contribution in [0.4, 0.5) is 18.0 Å². The van der Waals surface area contributed by atoms with Gasteiger partial charge < -0.3 is 15.4 Å². The zero-order chi connectivity index (χ0) is 30.4. The van der Waals surface area contributed by atoms with E-state index in [-0.39, 0.29) is 24.0 Å². The number of aliphatic imine (C=N–C) groups is 1. The number of aryl methyl sites for hydroxylation is 1. The highest BCUT2D eigenvalue weighted by molar-refractivity contribution is 6.15. The van der Waals surface area contributed by atoms with Gasteiger partial charge in [0.1, 0.15) is 11.7 Å². The lowest BCUT2D eigenvalue weighted by atomic mass is 9.56. The fourth-order valence-electron chi connectivity index (χ4n) is 6.57. The first kappa shape index (κ1) is 29.7. The lowest BCUT2D eigenvalue weighted by Gasteiger charge is -2.48. The van der Waals surface area contributed by atoms with E-state index in [1.165, 1.54) is 6.07 Å². The first-order valence-electron chi connectivity index (χ1n) is 14.3. The van der Waals surface area contributed by atoms with Crippen molar-refractivity contribution in [2.45, 2.75) is 71.7 Å². The second-order valence-electron chi connectivity index (χ2n) is 13.0. The quantitative estimate of drug-likeness (QED) is 0.487. The van der Waals surface area contributed by atoms with Gasteiger partial charge >= 0.3 is 12.3 Å². The molecule has 3 heterocycles. The molecule has 1 aromatic carbocycles. The number of amides is 1. The highest BCUT2D eigenvalue weighted by Gasteiger charge is 2.52. The molecule has 2 aliphatic heterocycles. The molecule has 8 nitrogen and oxygen atoms in total. The van der Waals surface area contributed by atoms with Crippen molar-refractivity contribution in [3.05, 3.63) is 64.1 Å². The van der Waals surface area contributed by atoms with Gasteiger partial charge in [-0.05, 0) is 88.0 Å². The average Bonchev–Trinajstić information content (AvgIpc) is 3.49. The summed E-state index contributed by atoms with van der Waals surface area (Å²) in [6.07, 6.45) is 2.08. The number of likely N-dealkylation sites (tertiary alicyclic amines) is 1. The maximum Gasteiger partial charge on any atom is 0.416 e. The topological polar surface area (TPSA) is 110 Å². The molecule has 1 atom stereocenters. The zero-order valence-corrected chi connectivity index (χ0v) is 24.5. The molecule has 3 aliphatic rings. The standard InChI is InChI=1S/C31H37F3N6O2/c1-19-5-6-23(31(32,33)34)11-20(19)16-40-17-22(15-38-40)27-25(14-35)26(36)24(7-9-37-27)21-12-30(13-21)8-10-39(18-30)28(41)42-29(2,3)4/h5-6,11,15,17,21,24H,7-10,12-13,16,18,36H2,1-4H3. The van der Waals surface area contributed by atoms with Crippen LogP contribution < -0.4 is 5.73 Å². The molecule has 0 bridgehead atoms. The van der Waals surface area contributed by atoms with E-state index in [4.69, 9.17) is 15.5 Å². The molecule has 5 rings (SSSR count). The van der Waals surface area contributed by atoms with Crippen molar-refractivity contribution in [3.63, 3.8) is 0 Å². The molecule has 42 heavy (non-hydrogen) atoms. The Kier molecular flexibility index (Phi) is 7.62. The molecule has 2 aromatic rings. The van der Waals surface area contributed by atoms with Crippen LogP contribution in [0.25, 0.3) is 0 Å². The Morgan fingerprint density at radius 2 is 2.00 bits per heavy atom. The Bertz CT molecular complexity index is 1470. The molecule has 1 saturated heterocycles. The van der Waals surface area contributed by atoms with E-state index >= 15 is 0 Å². The van der Waals surface area contributed by atoms with Crippen molar-refractivity contribution < 1.29 is 22.7 Å². The largest absolute Gasteiger partial charge is 0.444 e. The molecule has 11 heteroatoms. The maximum atomic E-state index is 13.2. The summed E-state index contributed by atoms with van der Waals surface area (Å²) in [6.45, 7) is 9.35. The first-order valence-corrected chi connectivity index (χ1v) is 14.3. The molecular weight excluding hydrogens is 545 g/mol. The number of allylic oxidation sites excluding steroid dienone is 2. The van der Waals surface area contributed by atoms with E-state index in [9.17, 15) is 23.2 Å². The number of carbonyl (C=O) groups is 1. The molecular formula is C31H37F3N6O2. The summed E-state index contributed by atoms with van der Waals surface area (Å²) in [6, 6.07) is 5.94. The number of benzene rings is 1. The van der Waals surface area contributed by atoms with Crippen molar-refractivity contribution in [2.24, 2.45) is 28.0 Å². The third kappa shape index (κ3) is 6.03. The molecule has 1 aliphatic carbocycles. The lowest BCUT2D eigenvalue weighted by molar-refractivity contribution is -0.137. The summed E-state index contributed by atoms with van der Waals surface area (Å²) in [4.78, 5) is 19.1. The zero-order valence-electron chi connectivity index (χ0n) is 24.5. The van der Waals surface area contributed by atoms with Gasteiger partial charge in [0.05, 0.1) is 29.6 Å². The Morgan fingerprint density at radius 1 is 1.26 bits per heavy atom. The number of nitriles is 1. The van der Waals surface area contributed by atoms with Crippen molar-refractivity contribution in [3.8, 4) is 6.07 Å². The van der Waals surface area contributed by atoms with Crippen molar-refractivity contribution in [2.75, 3.05) is 19.6 Å². The Balaban J connectivity index is 1.28. The van der Waals surface area contributed by atoms with Gasteiger partial charge in [-0.25, -0.2) is 4.79 Å². The number of rotatable bonds is 4. The molecule has 0 radical (unpaired) electrons. The van der Waals surface area contributed by atoms with Crippen LogP contribution in [-0.4, -0.2) is 51.7 Å². The maximum absolute atomic E-state index is 13.2. The number of alkyl halides is 3. The minimum absolute atomic E-state index is 0.00454. The van der Waals surface area contributed by atoms with Gasteiger partial charge in [-0.15, -0.1) is 0 Å². The van der Waals surface area contributed by atoms with Gasteiger partial charge in [0, 0.05) is 43.0 Å². The van der Waals surface area contributed by atoms with Crippen LogP contribution in [-0.2, 0) is 17.5 Å². The highest BCUT2D eigenvalue weighted by Crippen LogP contribution is 2.56. The second kappa shape index (κ2) is 10.8. The molecule has 1 spiro atoms. The van der Waals surface area contributed by atoms with Crippen LogP contribution in [0.15, 0.2) is 46.9 Å².